The van der Waals surface area contributed by atoms with Crippen molar-refractivity contribution in [1.29, 1.82) is 0 Å². The first kappa shape index (κ1) is 15.7. The average molecular weight is 297 g/mol. The Morgan fingerprint density at radius 3 is 2.38 bits per heavy atom. The summed E-state index contributed by atoms with van der Waals surface area (Å²) in [6.45, 7) is -0.723. The summed E-state index contributed by atoms with van der Waals surface area (Å²) < 4.78 is 5.14. The molecule has 0 saturated carbocycles. The lowest BCUT2D eigenvalue weighted by Crippen LogP contribution is -2.70. The van der Waals surface area contributed by atoms with E-state index in [2.05, 4.69) is 10.0 Å². The van der Waals surface area contributed by atoms with E-state index in [-0.39, 0.29) is 5.56 Å². The topological polar surface area (TPSA) is 159 Å². The summed E-state index contributed by atoms with van der Waals surface area (Å²) >= 11 is 0. The Bertz CT molecular complexity index is 551. The Morgan fingerprint density at radius 1 is 1.24 bits per heavy atom. The molecule has 0 unspecified atom stereocenters. The minimum Gasteiger partial charge on any atom is -0.394 e. The van der Waals surface area contributed by atoms with Crippen LogP contribution in [-0.2, 0) is 10.5 Å². The molecule has 0 radical (unpaired) electrons. The molecule has 0 spiro atoms. The molecule has 9 heteroatoms. The Hall–Kier alpha value is -1.71. The number of aliphatic hydroxyl groups excluding tert-OH is 3. The van der Waals surface area contributed by atoms with Crippen molar-refractivity contribution in [1.82, 2.24) is 0 Å². The van der Waals surface area contributed by atoms with Gasteiger partial charge in [0, 0.05) is 10.5 Å². The molecule has 1 aliphatic heterocycles. The first-order valence-electron chi connectivity index (χ1n) is 6.12. The van der Waals surface area contributed by atoms with Gasteiger partial charge >= 0.3 is 0 Å². The van der Waals surface area contributed by atoms with Gasteiger partial charge in [-0.05, 0) is 5.53 Å². The summed E-state index contributed by atoms with van der Waals surface area (Å²) in [6.07, 6.45) is -5.20. The van der Waals surface area contributed by atoms with Crippen molar-refractivity contribution in [3.05, 3.63) is 46.3 Å². The van der Waals surface area contributed by atoms with Crippen molar-refractivity contribution in [2.45, 2.75) is 29.8 Å². The second-order valence-corrected chi connectivity index (χ2v) is 4.70. The van der Waals surface area contributed by atoms with Gasteiger partial charge in [0.1, 0.15) is 18.3 Å². The highest BCUT2D eigenvalue weighted by Crippen LogP contribution is 2.44. The quantitative estimate of drug-likeness (QED) is 0.272. The van der Waals surface area contributed by atoms with E-state index in [1.807, 2.05) is 0 Å². The van der Waals surface area contributed by atoms with Crippen molar-refractivity contribution < 1.29 is 30.3 Å². The normalized spacial score (nSPS) is 39.6. The highest BCUT2D eigenvalue weighted by molar-refractivity contribution is 5.26. The van der Waals surface area contributed by atoms with Gasteiger partial charge in [-0.2, -0.15) is 0 Å². The van der Waals surface area contributed by atoms with Gasteiger partial charge in [0.25, 0.3) is 0 Å². The van der Waals surface area contributed by atoms with Crippen molar-refractivity contribution >= 4 is 0 Å². The van der Waals surface area contributed by atoms with Crippen LogP contribution in [0, 0.1) is 0 Å². The lowest BCUT2D eigenvalue weighted by Gasteiger charge is -2.50. The predicted octanol–water partition coefficient (Wildman–Crippen LogP) is -1.06. The van der Waals surface area contributed by atoms with Gasteiger partial charge < -0.3 is 30.3 Å². The summed E-state index contributed by atoms with van der Waals surface area (Å²) in [4.78, 5) is 2.39. The lowest BCUT2D eigenvalue weighted by molar-refractivity contribution is -0.396. The molecule has 114 valence electrons. The third-order valence-electron chi connectivity index (χ3n) is 3.48. The summed E-state index contributed by atoms with van der Waals surface area (Å²) in [5.74, 6) is -2.63. The first-order chi connectivity index (χ1) is 9.90. The number of hydrogen-bond acceptors (Lipinski definition) is 7. The number of nitrogens with zero attached hydrogens (tertiary/aromatic N) is 3. The van der Waals surface area contributed by atoms with E-state index in [1.54, 1.807) is 6.07 Å². The highest BCUT2D eigenvalue weighted by Gasteiger charge is 2.64. The van der Waals surface area contributed by atoms with Crippen LogP contribution < -0.4 is 0 Å². The molecule has 1 fully saturated rings. The van der Waals surface area contributed by atoms with Gasteiger partial charge in [-0.3, -0.25) is 0 Å². The Morgan fingerprint density at radius 2 is 1.86 bits per heavy atom. The molecule has 1 aromatic rings. The van der Waals surface area contributed by atoms with Gasteiger partial charge in [-0.15, -0.1) is 0 Å². The molecule has 0 bridgehead atoms. The third-order valence-corrected chi connectivity index (χ3v) is 3.48. The second kappa shape index (κ2) is 5.58. The Balaban J connectivity index is 2.60. The third kappa shape index (κ3) is 2.27. The van der Waals surface area contributed by atoms with E-state index < -0.39 is 36.4 Å². The van der Waals surface area contributed by atoms with Crippen LogP contribution in [0.3, 0.4) is 0 Å². The maximum Gasteiger partial charge on any atom is 0.231 e. The second-order valence-electron chi connectivity index (χ2n) is 4.70. The molecular weight excluding hydrogens is 282 g/mol. The standard InChI is InChI=1S/C12H15N3O6/c13-15-14-11(19)10(18)9(17)8(6-16)21-12(11,20)7-4-2-1-3-5-7/h1-5,8-10,16-20H,6H2/t8-,9+,10+,11-,12+/m1/s1. The molecule has 1 saturated heterocycles. The van der Waals surface area contributed by atoms with Gasteiger partial charge in [0.05, 0.1) is 6.61 Å². The number of hydrogen-bond donors (Lipinski definition) is 5. The molecule has 5 N–H and O–H groups in total. The van der Waals surface area contributed by atoms with Crippen LogP contribution in [0.25, 0.3) is 10.4 Å². The van der Waals surface area contributed by atoms with Crippen molar-refractivity contribution in [2.24, 2.45) is 5.11 Å². The van der Waals surface area contributed by atoms with Crippen LogP contribution >= 0.6 is 0 Å². The largest absolute Gasteiger partial charge is 0.394 e. The van der Waals surface area contributed by atoms with Crippen molar-refractivity contribution in [3.8, 4) is 0 Å². The minimum absolute atomic E-state index is 0.00991. The average Bonchev–Trinajstić information content (AvgIpc) is 2.50. The Kier molecular flexibility index (Phi) is 4.17. The molecule has 0 aromatic heterocycles. The van der Waals surface area contributed by atoms with Gasteiger partial charge in [0.2, 0.25) is 11.5 Å². The van der Waals surface area contributed by atoms with Crippen LogP contribution in [-0.4, -0.2) is 56.2 Å². The van der Waals surface area contributed by atoms with E-state index in [0.29, 0.717) is 0 Å². The van der Waals surface area contributed by atoms with Crippen LogP contribution in [0.4, 0.5) is 0 Å². The minimum atomic E-state index is -2.87. The number of aliphatic hydroxyl groups is 5. The van der Waals surface area contributed by atoms with Crippen molar-refractivity contribution in [2.75, 3.05) is 6.61 Å². The van der Waals surface area contributed by atoms with E-state index in [9.17, 15) is 20.4 Å². The molecule has 21 heavy (non-hydrogen) atoms. The van der Waals surface area contributed by atoms with E-state index >= 15 is 0 Å². The van der Waals surface area contributed by atoms with Crippen LogP contribution in [0.5, 0.6) is 0 Å². The SMILES string of the molecule is [N-]=[N+]=N[C@@]1(O)[C@@H](O)[C@@H](O)[C@@H](CO)O[C@@]1(O)c1ccccc1. The van der Waals surface area contributed by atoms with E-state index in [1.165, 1.54) is 24.3 Å². The fourth-order valence-electron chi connectivity index (χ4n) is 2.30. The summed E-state index contributed by atoms with van der Waals surface area (Å²) in [5.41, 5.74) is 5.70. The fourth-order valence-corrected chi connectivity index (χ4v) is 2.30. The molecule has 0 amide bonds. The molecule has 2 rings (SSSR count). The fraction of sp³-hybridized carbons (Fsp3) is 0.500. The zero-order valence-electron chi connectivity index (χ0n) is 10.8. The van der Waals surface area contributed by atoms with Crippen LogP contribution in [0.2, 0.25) is 0 Å². The molecule has 5 atom stereocenters. The van der Waals surface area contributed by atoms with Crippen LogP contribution in [0.15, 0.2) is 35.4 Å². The lowest BCUT2D eigenvalue weighted by atomic mass is 9.83. The Labute approximate surface area is 119 Å². The molecule has 1 heterocycles. The predicted molar refractivity (Wildman–Crippen MR) is 68.4 cm³/mol. The van der Waals surface area contributed by atoms with E-state index in [0.717, 1.165) is 0 Å². The summed E-state index contributed by atoms with van der Waals surface area (Å²) in [5, 5.41) is 53.1. The van der Waals surface area contributed by atoms with Gasteiger partial charge in [-0.25, -0.2) is 0 Å². The van der Waals surface area contributed by atoms with Gasteiger partial charge in [-0.1, -0.05) is 35.4 Å². The molecule has 9 nitrogen and oxygen atoms in total. The highest BCUT2D eigenvalue weighted by atomic mass is 16.7. The number of ether oxygens (including phenoxy) is 1. The van der Waals surface area contributed by atoms with Gasteiger partial charge in [0.15, 0.2) is 0 Å². The number of benzene rings is 1. The monoisotopic (exact) mass is 297 g/mol. The maximum absolute atomic E-state index is 10.7. The van der Waals surface area contributed by atoms with Crippen molar-refractivity contribution in [3.63, 3.8) is 0 Å². The molecule has 1 aromatic carbocycles. The summed E-state index contributed by atoms with van der Waals surface area (Å²) in [7, 11) is 0. The molecular formula is C12H15N3O6. The molecule has 0 aliphatic carbocycles. The zero-order chi connectivity index (χ0) is 15.7. The van der Waals surface area contributed by atoms with E-state index in [4.69, 9.17) is 15.4 Å². The van der Waals surface area contributed by atoms with Crippen LogP contribution in [0.1, 0.15) is 5.56 Å². The zero-order valence-corrected chi connectivity index (χ0v) is 10.8. The smallest absolute Gasteiger partial charge is 0.231 e. The first-order valence-corrected chi connectivity index (χ1v) is 6.12. The number of azide groups is 1. The number of rotatable bonds is 3. The maximum atomic E-state index is 10.7. The summed E-state index contributed by atoms with van der Waals surface area (Å²) in [6, 6.07) is 7.43. The molecule has 1 aliphatic rings.